The van der Waals surface area contributed by atoms with Crippen LogP contribution in [0.25, 0.3) is 0 Å². The minimum atomic E-state index is 0.205. The fourth-order valence-corrected chi connectivity index (χ4v) is 3.92. The normalized spacial score (nSPS) is 19.5. The van der Waals surface area contributed by atoms with E-state index in [1.807, 2.05) is 40.9 Å². The molecule has 21 heavy (non-hydrogen) atoms. The van der Waals surface area contributed by atoms with Crippen LogP contribution >= 0.6 is 11.8 Å². The first kappa shape index (κ1) is 14.7. The van der Waals surface area contributed by atoms with E-state index in [9.17, 15) is 4.79 Å². The van der Waals surface area contributed by atoms with Crippen LogP contribution in [0, 0.1) is 0 Å². The summed E-state index contributed by atoms with van der Waals surface area (Å²) in [5.41, 5.74) is 0.922. The number of carbonyl (C=O) groups is 1. The minimum Gasteiger partial charge on any atom is -0.491 e. The molecule has 4 nitrogen and oxygen atoms in total. The Balaban J connectivity index is 1.63. The lowest BCUT2D eigenvalue weighted by molar-refractivity contribution is -0.116. The molecule has 0 saturated carbocycles. The topological polar surface area (TPSA) is 41.6 Å². The van der Waals surface area contributed by atoms with Gasteiger partial charge in [0.2, 0.25) is 5.91 Å². The highest BCUT2D eigenvalue weighted by Gasteiger charge is 2.23. The van der Waals surface area contributed by atoms with E-state index in [2.05, 4.69) is 5.32 Å². The van der Waals surface area contributed by atoms with Crippen LogP contribution in [0.3, 0.4) is 0 Å². The number of nitrogens with zero attached hydrogens (tertiary/aromatic N) is 1. The van der Waals surface area contributed by atoms with Gasteiger partial charge in [0.05, 0.1) is 18.0 Å². The van der Waals surface area contributed by atoms with Gasteiger partial charge in [-0.1, -0.05) is 12.1 Å². The highest BCUT2D eigenvalue weighted by atomic mass is 32.2. The van der Waals surface area contributed by atoms with E-state index >= 15 is 0 Å². The van der Waals surface area contributed by atoms with Gasteiger partial charge in [-0.25, -0.2) is 0 Å². The number of benzene rings is 1. The summed E-state index contributed by atoms with van der Waals surface area (Å²) >= 11 is 1.81. The lowest BCUT2D eigenvalue weighted by Crippen LogP contribution is -2.34. The second-order valence-corrected chi connectivity index (χ2v) is 6.76. The third-order valence-corrected chi connectivity index (χ3v) is 5.33. The Kier molecular flexibility index (Phi) is 5.04. The highest BCUT2D eigenvalue weighted by Crippen LogP contribution is 2.31. The molecule has 5 heteroatoms. The summed E-state index contributed by atoms with van der Waals surface area (Å²) in [7, 11) is 0. The third kappa shape index (κ3) is 3.71. The maximum Gasteiger partial charge on any atom is 0.237 e. The summed E-state index contributed by atoms with van der Waals surface area (Å²) in [6.45, 7) is 3.59. The molecule has 0 atom stereocenters. The molecule has 1 amide bonds. The van der Waals surface area contributed by atoms with E-state index in [4.69, 9.17) is 4.74 Å². The van der Waals surface area contributed by atoms with Crippen LogP contribution in [-0.4, -0.2) is 43.2 Å². The molecule has 0 spiro atoms. The molecule has 0 radical (unpaired) electrons. The first-order chi connectivity index (χ1) is 10.3. The Labute approximate surface area is 130 Å². The van der Waals surface area contributed by atoms with Crippen molar-refractivity contribution in [2.45, 2.75) is 24.5 Å². The molecule has 0 aliphatic carbocycles. The lowest BCUT2D eigenvalue weighted by atomic mass is 10.2. The molecular formula is C16H22N2O2S. The molecule has 2 aliphatic heterocycles. The number of fused-ring (bicyclic) bond motifs is 1. The summed E-state index contributed by atoms with van der Waals surface area (Å²) in [5, 5.41) is 3.98. The number of amides is 1. The van der Waals surface area contributed by atoms with Gasteiger partial charge in [-0.15, -0.1) is 11.8 Å². The molecule has 1 aromatic rings. The molecule has 0 unspecified atom stereocenters. The van der Waals surface area contributed by atoms with Crippen molar-refractivity contribution in [3.63, 3.8) is 0 Å². The van der Waals surface area contributed by atoms with E-state index in [0.29, 0.717) is 17.6 Å². The fraction of sp³-hybridized carbons (Fsp3) is 0.562. The Morgan fingerprint density at radius 2 is 2.14 bits per heavy atom. The average Bonchev–Trinajstić information content (AvgIpc) is 2.76. The summed E-state index contributed by atoms with van der Waals surface area (Å²) in [5.74, 6) is 1.60. The molecule has 2 heterocycles. The number of anilines is 1. The monoisotopic (exact) mass is 306 g/mol. The molecule has 1 aromatic carbocycles. The highest BCUT2D eigenvalue weighted by molar-refractivity contribution is 8.00. The molecule has 114 valence electrons. The van der Waals surface area contributed by atoms with Gasteiger partial charge in [0.1, 0.15) is 5.75 Å². The van der Waals surface area contributed by atoms with E-state index in [-0.39, 0.29) is 5.91 Å². The number of nitrogens with one attached hydrogen (secondary N) is 1. The predicted molar refractivity (Wildman–Crippen MR) is 87.3 cm³/mol. The number of ether oxygens (including phenoxy) is 1. The molecule has 0 aromatic heterocycles. The maximum absolute atomic E-state index is 12.6. The van der Waals surface area contributed by atoms with Crippen molar-refractivity contribution in [3.8, 4) is 5.75 Å². The van der Waals surface area contributed by atoms with Crippen molar-refractivity contribution in [1.82, 2.24) is 5.32 Å². The fourth-order valence-electron chi connectivity index (χ4n) is 2.82. The van der Waals surface area contributed by atoms with Crippen molar-refractivity contribution in [1.29, 1.82) is 0 Å². The van der Waals surface area contributed by atoms with Crippen LogP contribution in [0.5, 0.6) is 5.75 Å². The van der Waals surface area contributed by atoms with Crippen LogP contribution in [0.15, 0.2) is 24.3 Å². The zero-order valence-corrected chi connectivity index (χ0v) is 13.0. The Morgan fingerprint density at radius 1 is 1.33 bits per heavy atom. The second kappa shape index (κ2) is 7.18. The second-order valence-electron chi connectivity index (χ2n) is 5.48. The third-order valence-electron chi connectivity index (χ3n) is 3.97. The van der Waals surface area contributed by atoms with Gasteiger partial charge in [0.15, 0.2) is 0 Å². The van der Waals surface area contributed by atoms with Crippen molar-refractivity contribution in [2.24, 2.45) is 0 Å². The molecule has 1 fully saturated rings. The summed E-state index contributed by atoms with van der Waals surface area (Å²) in [4.78, 5) is 14.5. The number of thioether (sulfide) groups is 1. The number of rotatable bonds is 3. The zero-order chi connectivity index (χ0) is 14.5. The van der Waals surface area contributed by atoms with Gasteiger partial charge in [-0.3, -0.25) is 4.79 Å². The summed E-state index contributed by atoms with van der Waals surface area (Å²) in [6, 6.07) is 7.85. The quantitative estimate of drug-likeness (QED) is 0.930. The van der Waals surface area contributed by atoms with Crippen LogP contribution in [0.2, 0.25) is 0 Å². The van der Waals surface area contributed by atoms with Crippen molar-refractivity contribution in [2.75, 3.05) is 36.9 Å². The number of hydrogen-bond acceptors (Lipinski definition) is 4. The maximum atomic E-state index is 12.6. The lowest BCUT2D eigenvalue weighted by Gasteiger charge is -2.25. The Bertz CT molecular complexity index is 489. The number of piperidine rings is 1. The minimum absolute atomic E-state index is 0.205. The first-order valence-corrected chi connectivity index (χ1v) is 8.74. The van der Waals surface area contributed by atoms with Gasteiger partial charge in [-0.05, 0) is 44.5 Å². The van der Waals surface area contributed by atoms with Crippen LogP contribution in [0.4, 0.5) is 5.69 Å². The zero-order valence-electron chi connectivity index (χ0n) is 12.2. The molecule has 0 bridgehead atoms. The number of carbonyl (C=O) groups excluding carboxylic acids is 1. The molecule has 3 rings (SSSR count). The van der Waals surface area contributed by atoms with Crippen LogP contribution in [-0.2, 0) is 4.79 Å². The van der Waals surface area contributed by atoms with E-state index < -0.39 is 0 Å². The largest absolute Gasteiger partial charge is 0.491 e. The summed E-state index contributed by atoms with van der Waals surface area (Å²) in [6.07, 6.45) is 3.22. The average molecular weight is 306 g/mol. The standard InChI is InChI=1S/C16H22N2O2S/c19-16(12-21-13-6-8-17-9-7-13)18-10-3-11-20-15-5-2-1-4-14(15)18/h1-2,4-5,13,17H,3,6-12H2. The molecule has 1 saturated heterocycles. The first-order valence-electron chi connectivity index (χ1n) is 7.69. The van der Waals surface area contributed by atoms with E-state index in [1.165, 1.54) is 0 Å². The SMILES string of the molecule is O=C(CSC1CCNCC1)N1CCCOc2ccccc21. The van der Waals surface area contributed by atoms with Gasteiger partial charge < -0.3 is 15.0 Å². The Hall–Kier alpha value is -1.20. The van der Waals surface area contributed by atoms with Crippen molar-refractivity contribution >= 4 is 23.4 Å². The smallest absolute Gasteiger partial charge is 0.237 e. The molecular weight excluding hydrogens is 284 g/mol. The van der Waals surface area contributed by atoms with E-state index in [1.54, 1.807) is 0 Å². The Morgan fingerprint density at radius 3 is 3.00 bits per heavy atom. The predicted octanol–water partition coefficient (Wildman–Crippen LogP) is 2.29. The van der Waals surface area contributed by atoms with E-state index in [0.717, 1.165) is 50.3 Å². The van der Waals surface area contributed by atoms with Gasteiger partial charge in [-0.2, -0.15) is 0 Å². The summed E-state index contributed by atoms with van der Waals surface area (Å²) < 4.78 is 5.71. The molecule has 2 aliphatic rings. The number of hydrogen-bond donors (Lipinski definition) is 1. The van der Waals surface area contributed by atoms with Crippen molar-refractivity contribution < 1.29 is 9.53 Å². The van der Waals surface area contributed by atoms with Gasteiger partial charge in [0.25, 0.3) is 0 Å². The molecule has 1 N–H and O–H groups in total. The van der Waals surface area contributed by atoms with Crippen LogP contribution < -0.4 is 15.0 Å². The van der Waals surface area contributed by atoms with Gasteiger partial charge >= 0.3 is 0 Å². The van der Waals surface area contributed by atoms with Crippen molar-refractivity contribution in [3.05, 3.63) is 24.3 Å². The van der Waals surface area contributed by atoms with Crippen LogP contribution in [0.1, 0.15) is 19.3 Å². The van der Waals surface area contributed by atoms with Gasteiger partial charge in [0, 0.05) is 11.8 Å². The number of para-hydroxylation sites is 2.